The maximum absolute atomic E-state index is 12.6. The first-order valence-electron chi connectivity index (χ1n) is 11.0. The van der Waals surface area contributed by atoms with Crippen LogP contribution in [0, 0.1) is 11.3 Å². The van der Waals surface area contributed by atoms with Gasteiger partial charge < -0.3 is 20.1 Å². The number of nitrogens with one attached hydrogen (secondary N) is 2. The molecule has 0 aliphatic carbocycles. The molecule has 0 aromatic heterocycles. The summed E-state index contributed by atoms with van der Waals surface area (Å²) < 4.78 is 11.4. The first-order chi connectivity index (χ1) is 17.0. The molecule has 1 amide bonds. The molecule has 6 nitrogen and oxygen atoms in total. The normalized spacial score (nSPS) is 16.0. The van der Waals surface area contributed by atoms with Crippen LogP contribution >= 0.6 is 23.4 Å². The van der Waals surface area contributed by atoms with E-state index >= 15 is 0 Å². The van der Waals surface area contributed by atoms with Crippen LogP contribution in [0.2, 0.25) is 5.02 Å². The van der Waals surface area contributed by atoms with E-state index in [1.165, 1.54) is 24.4 Å². The van der Waals surface area contributed by atoms with Gasteiger partial charge in [-0.25, -0.2) is 0 Å². The van der Waals surface area contributed by atoms with Gasteiger partial charge in [0.25, 0.3) is 5.91 Å². The number of rotatable bonds is 8. The number of nitriles is 1. The van der Waals surface area contributed by atoms with Crippen molar-refractivity contribution in [3.05, 3.63) is 92.8 Å². The Labute approximate surface area is 213 Å². The van der Waals surface area contributed by atoms with Crippen molar-refractivity contribution in [2.75, 3.05) is 12.4 Å². The number of hydrogen-bond acceptors (Lipinski definition) is 6. The van der Waals surface area contributed by atoms with Crippen LogP contribution < -0.4 is 20.1 Å². The van der Waals surface area contributed by atoms with Crippen molar-refractivity contribution in [3.8, 4) is 17.6 Å². The summed E-state index contributed by atoms with van der Waals surface area (Å²) in [7, 11) is 1.53. The summed E-state index contributed by atoms with van der Waals surface area (Å²) in [6.07, 6.45) is 2.75. The fourth-order valence-corrected chi connectivity index (χ4v) is 4.83. The van der Waals surface area contributed by atoms with Gasteiger partial charge in [0.2, 0.25) is 0 Å². The van der Waals surface area contributed by atoms with Gasteiger partial charge in [-0.05, 0) is 54.0 Å². The SMILES string of the molecule is CCc1ccc(N[C@H]2NC(=O)/C(=C/c3cc(Cl)c(OCc4ccccc4C#N)c(OC)c3)S2)cc1. The third-order valence-corrected chi connectivity index (χ3v) is 6.76. The summed E-state index contributed by atoms with van der Waals surface area (Å²) in [5.74, 6) is 0.650. The highest BCUT2D eigenvalue weighted by Gasteiger charge is 2.27. The van der Waals surface area contributed by atoms with E-state index < -0.39 is 0 Å². The lowest BCUT2D eigenvalue weighted by Crippen LogP contribution is -2.30. The molecule has 1 heterocycles. The summed E-state index contributed by atoms with van der Waals surface area (Å²) in [4.78, 5) is 13.1. The van der Waals surface area contributed by atoms with E-state index in [-0.39, 0.29) is 18.0 Å². The third kappa shape index (κ3) is 5.91. The largest absolute Gasteiger partial charge is 0.493 e. The van der Waals surface area contributed by atoms with Gasteiger partial charge in [-0.1, -0.05) is 60.6 Å². The quantitative estimate of drug-likeness (QED) is 0.367. The Morgan fingerprint density at radius 1 is 1.20 bits per heavy atom. The number of nitrogens with zero attached hydrogens (tertiary/aromatic N) is 1. The summed E-state index contributed by atoms with van der Waals surface area (Å²) in [6.45, 7) is 2.28. The van der Waals surface area contributed by atoms with Crippen LogP contribution in [-0.4, -0.2) is 18.5 Å². The molecule has 1 fully saturated rings. The molecule has 0 saturated carbocycles. The van der Waals surface area contributed by atoms with Crippen molar-refractivity contribution in [1.29, 1.82) is 5.26 Å². The molecule has 0 unspecified atom stereocenters. The number of methoxy groups -OCH3 is 1. The fourth-order valence-electron chi connectivity index (χ4n) is 3.57. The molecule has 3 aromatic carbocycles. The van der Waals surface area contributed by atoms with Crippen LogP contribution in [0.1, 0.15) is 29.2 Å². The fraction of sp³-hybridized carbons (Fsp3) is 0.185. The molecule has 1 aliphatic heterocycles. The van der Waals surface area contributed by atoms with Gasteiger partial charge in [0.1, 0.15) is 6.61 Å². The molecule has 0 bridgehead atoms. The first-order valence-corrected chi connectivity index (χ1v) is 12.3. The van der Waals surface area contributed by atoms with Gasteiger partial charge in [-0.15, -0.1) is 0 Å². The highest BCUT2D eigenvalue weighted by atomic mass is 35.5. The molecular weight excluding hydrogens is 482 g/mol. The summed E-state index contributed by atoms with van der Waals surface area (Å²) in [6, 6.07) is 21.0. The first kappa shape index (κ1) is 24.5. The van der Waals surface area contributed by atoms with Gasteiger partial charge in [0.05, 0.1) is 28.7 Å². The van der Waals surface area contributed by atoms with Gasteiger partial charge in [-0.3, -0.25) is 4.79 Å². The monoisotopic (exact) mass is 505 g/mol. The minimum Gasteiger partial charge on any atom is -0.493 e. The predicted octanol–water partition coefficient (Wildman–Crippen LogP) is 5.96. The van der Waals surface area contributed by atoms with Crippen LogP contribution in [0.5, 0.6) is 11.5 Å². The Balaban J connectivity index is 1.48. The molecule has 1 atom stereocenters. The molecule has 8 heteroatoms. The second kappa shape index (κ2) is 11.2. The number of carbonyl (C=O) groups is 1. The minimum atomic E-state index is -0.276. The lowest BCUT2D eigenvalue weighted by Gasteiger charge is -2.14. The number of aryl methyl sites for hydroxylation is 1. The Morgan fingerprint density at radius 2 is 1.97 bits per heavy atom. The molecule has 2 N–H and O–H groups in total. The van der Waals surface area contributed by atoms with E-state index in [9.17, 15) is 10.1 Å². The van der Waals surface area contributed by atoms with E-state index in [0.29, 0.717) is 32.6 Å². The molecule has 4 rings (SSSR count). The third-order valence-electron chi connectivity index (χ3n) is 5.45. The second-order valence-electron chi connectivity index (χ2n) is 7.77. The molecular formula is C27H24ClN3O3S. The molecule has 0 spiro atoms. The van der Waals surface area contributed by atoms with E-state index in [1.807, 2.05) is 24.3 Å². The van der Waals surface area contributed by atoms with Crippen molar-refractivity contribution < 1.29 is 14.3 Å². The van der Waals surface area contributed by atoms with E-state index in [1.54, 1.807) is 30.3 Å². The lowest BCUT2D eigenvalue weighted by molar-refractivity contribution is -0.116. The number of amides is 1. The Bertz CT molecular complexity index is 1300. The number of thioether (sulfide) groups is 1. The molecule has 3 aromatic rings. The molecule has 1 aliphatic rings. The smallest absolute Gasteiger partial charge is 0.260 e. The summed E-state index contributed by atoms with van der Waals surface area (Å²) in [5, 5.41) is 15.9. The number of ether oxygens (including phenoxy) is 2. The van der Waals surface area contributed by atoms with Crippen molar-refractivity contribution in [1.82, 2.24) is 5.32 Å². The number of halogens is 1. The summed E-state index contributed by atoms with van der Waals surface area (Å²) in [5.41, 5.74) is 3.92. The van der Waals surface area contributed by atoms with Gasteiger partial charge in [0.15, 0.2) is 17.0 Å². The van der Waals surface area contributed by atoms with Crippen molar-refractivity contribution in [2.45, 2.75) is 25.4 Å². The van der Waals surface area contributed by atoms with Crippen LogP contribution in [-0.2, 0) is 17.8 Å². The Hall–Kier alpha value is -3.60. The standard InChI is InChI=1S/C27H24ClN3O3S/c1-3-17-8-10-21(11-9-17)30-27-31-26(32)24(35-27)14-18-12-22(28)25(23(13-18)33-2)34-16-20-7-5-4-6-19(20)15-29/h4-14,27,30H,3,16H2,1-2H3,(H,31,32)/b24-14-/t27-/m0/s1. The number of carbonyl (C=O) groups excluding carboxylic acids is 1. The molecule has 0 radical (unpaired) electrons. The van der Waals surface area contributed by atoms with Crippen LogP contribution in [0.4, 0.5) is 5.69 Å². The zero-order valence-electron chi connectivity index (χ0n) is 19.3. The maximum atomic E-state index is 12.6. The molecule has 35 heavy (non-hydrogen) atoms. The average molecular weight is 506 g/mol. The number of benzene rings is 3. The topological polar surface area (TPSA) is 83.4 Å². The van der Waals surface area contributed by atoms with Crippen LogP contribution in [0.3, 0.4) is 0 Å². The lowest BCUT2D eigenvalue weighted by atomic mass is 10.1. The second-order valence-corrected chi connectivity index (χ2v) is 9.32. The Morgan fingerprint density at radius 3 is 2.69 bits per heavy atom. The van der Waals surface area contributed by atoms with Crippen molar-refractivity contribution in [3.63, 3.8) is 0 Å². The van der Waals surface area contributed by atoms with Crippen molar-refractivity contribution in [2.24, 2.45) is 0 Å². The number of anilines is 1. The number of hydrogen-bond donors (Lipinski definition) is 2. The maximum Gasteiger partial charge on any atom is 0.260 e. The highest BCUT2D eigenvalue weighted by Crippen LogP contribution is 2.39. The zero-order chi connectivity index (χ0) is 24.8. The van der Waals surface area contributed by atoms with E-state index in [0.717, 1.165) is 17.7 Å². The van der Waals surface area contributed by atoms with Crippen LogP contribution in [0.25, 0.3) is 6.08 Å². The predicted molar refractivity (Wildman–Crippen MR) is 140 cm³/mol. The van der Waals surface area contributed by atoms with Crippen LogP contribution in [0.15, 0.2) is 65.6 Å². The Kier molecular flexibility index (Phi) is 7.86. The summed E-state index contributed by atoms with van der Waals surface area (Å²) >= 11 is 7.91. The van der Waals surface area contributed by atoms with Gasteiger partial charge >= 0.3 is 0 Å². The van der Waals surface area contributed by atoms with E-state index in [2.05, 4.69) is 35.8 Å². The molecule has 178 valence electrons. The molecule has 1 saturated heterocycles. The van der Waals surface area contributed by atoms with Gasteiger partial charge in [-0.2, -0.15) is 5.26 Å². The van der Waals surface area contributed by atoms with E-state index in [4.69, 9.17) is 21.1 Å². The zero-order valence-corrected chi connectivity index (χ0v) is 20.9. The minimum absolute atomic E-state index is 0.166. The van der Waals surface area contributed by atoms with Crippen molar-refractivity contribution >= 4 is 41.0 Å². The van der Waals surface area contributed by atoms with Gasteiger partial charge in [0, 0.05) is 11.3 Å². The average Bonchev–Trinajstić information content (AvgIpc) is 3.21. The highest BCUT2D eigenvalue weighted by molar-refractivity contribution is 8.05.